The molecule has 0 aliphatic heterocycles. The summed E-state index contributed by atoms with van der Waals surface area (Å²) in [4.78, 5) is 22.5. The number of hydrogen-bond donors (Lipinski definition) is 3. The van der Waals surface area contributed by atoms with E-state index in [9.17, 15) is 5.11 Å². The van der Waals surface area contributed by atoms with Crippen molar-refractivity contribution in [2.75, 3.05) is 11.1 Å². The lowest BCUT2D eigenvalue weighted by molar-refractivity contribution is 0.182. The van der Waals surface area contributed by atoms with Crippen LogP contribution in [0.1, 0.15) is 37.6 Å². The van der Waals surface area contributed by atoms with Gasteiger partial charge in [0.05, 0.1) is 18.0 Å². The second-order valence-electron chi connectivity index (χ2n) is 8.13. The van der Waals surface area contributed by atoms with Gasteiger partial charge < -0.3 is 16.2 Å². The molecule has 1 aliphatic rings. The number of aryl methyl sites for hydroxylation is 2. The number of rotatable bonds is 5. The summed E-state index contributed by atoms with van der Waals surface area (Å²) in [5.74, 6) is 1.75. The molecule has 4 N–H and O–H groups in total. The first-order chi connectivity index (χ1) is 15.5. The SMILES string of the molecule is CCc1nc2c(N)ncc(-c3cnn(-c4cc(C)ncn4)c3)c2nc1N[C@@H]1CC[C@H](O)C1. The van der Waals surface area contributed by atoms with E-state index in [1.54, 1.807) is 17.1 Å². The highest BCUT2D eigenvalue weighted by Crippen LogP contribution is 2.32. The van der Waals surface area contributed by atoms with E-state index in [-0.39, 0.29) is 12.1 Å². The molecule has 0 aromatic carbocycles. The van der Waals surface area contributed by atoms with Gasteiger partial charge in [0.2, 0.25) is 0 Å². The molecule has 4 aromatic heterocycles. The van der Waals surface area contributed by atoms with Gasteiger partial charge in [0.15, 0.2) is 11.6 Å². The minimum absolute atomic E-state index is 0.174. The third-order valence-electron chi connectivity index (χ3n) is 5.80. The highest BCUT2D eigenvalue weighted by atomic mass is 16.3. The normalized spacial score (nSPS) is 18.3. The number of pyridine rings is 1. The fraction of sp³-hybridized carbons (Fsp3) is 0.364. The zero-order valence-corrected chi connectivity index (χ0v) is 18.0. The van der Waals surface area contributed by atoms with Crippen LogP contribution in [0.15, 0.2) is 31.0 Å². The number of aromatic nitrogens is 7. The standard InChI is InChI=1S/C22H25N9O/c1-3-17-22(28-14-4-5-15(32)7-14)30-19-16(9-24-21(23)20(19)29-17)13-8-27-31(10-13)18-6-12(2)25-11-26-18/h6,8-11,14-15,32H,3-5,7H2,1-2H3,(H2,23,24)(H,28,30)/t14-,15+/m1/s1. The van der Waals surface area contributed by atoms with Gasteiger partial charge in [0.25, 0.3) is 0 Å². The van der Waals surface area contributed by atoms with E-state index in [0.717, 1.165) is 41.2 Å². The van der Waals surface area contributed by atoms with Gasteiger partial charge in [-0.1, -0.05) is 6.92 Å². The summed E-state index contributed by atoms with van der Waals surface area (Å²) in [6, 6.07) is 2.04. The van der Waals surface area contributed by atoms with Gasteiger partial charge in [-0.05, 0) is 32.6 Å². The van der Waals surface area contributed by atoms with Gasteiger partial charge in [0, 0.05) is 41.3 Å². The van der Waals surface area contributed by atoms with E-state index in [1.165, 1.54) is 6.33 Å². The van der Waals surface area contributed by atoms with Gasteiger partial charge in [-0.2, -0.15) is 5.10 Å². The molecule has 10 heteroatoms. The summed E-state index contributed by atoms with van der Waals surface area (Å²) in [5.41, 5.74) is 10.7. The minimum Gasteiger partial charge on any atom is -0.393 e. The van der Waals surface area contributed by atoms with Crippen LogP contribution in [-0.2, 0) is 6.42 Å². The third-order valence-corrected chi connectivity index (χ3v) is 5.80. The molecule has 2 atom stereocenters. The van der Waals surface area contributed by atoms with Crippen LogP contribution in [-0.4, -0.2) is 52.0 Å². The van der Waals surface area contributed by atoms with Crippen LogP contribution in [0.25, 0.3) is 28.0 Å². The average molecular weight is 432 g/mol. The predicted molar refractivity (Wildman–Crippen MR) is 121 cm³/mol. The Morgan fingerprint density at radius 3 is 2.78 bits per heavy atom. The molecule has 1 saturated carbocycles. The van der Waals surface area contributed by atoms with Gasteiger partial charge >= 0.3 is 0 Å². The van der Waals surface area contributed by atoms with Crippen molar-refractivity contribution in [1.29, 1.82) is 0 Å². The van der Waals surface area contributed by atoms with Gasteiger partial charge in [0.1, 0.15) is 23.2 Å². The molecule has 4 aromatic rings. The van der Waals surface area contributed by atoms with Crippen molar-refractivity contribution in [3.8, 4) is 16.9 Å². The van der Waals surface area contributed by atoms with Crippen molar-refractivity contribution in [1.82, 2.24) is 34.7 Å². The van der Waals surface area contributed by atoms with Crippen LogP contribution >= 0.6 is 0 Å². The molecular weight excluding hydrogens is 406 g/mol. The first-order valence-electron chi connectivity index (χ1n) is 10.8. The van der Waals surface area contributed by atoms with Crippen LogP contribution in [0.3, 0.4) is 0 Å². The summed E-state index contributed by atoms with van der Waals surface area (Å²) in [6.45, 7) is 3.94. The van der Waals surface area contributed by atoms with Crippen molar-refractivity contribution in [3.05, 3.63) is 42.4 Å². The van der Waals surface area contributed by atoms with E-state index in [2.05, 4.69) is 25.4 Å². The fourth-order valence-corrected chi connectivity index (χ4v) is 4.10. The minimum atomic E-state index is -0.266. The van der Waals surface area contributed by atoms with Crippen molar-refractivity contribution < 1.29 is 5.11 Å². The van der Waals surface area contributed by atoms with Crippen molar-refractivity contribution in [3.63, 3.8) is 0 Å². The molecule has 0 radical (unpaired) electrons. The average Bonchev–Trinajstić information content (AvgIpc) is 3.43. The lowest BCUT2D eigenvalue weighted by Crippen LogP contribution is -2.19. The Kier molecular flexibility index (Phi) is 5.14. The molecule has 0 amide bonds. The molecule has 10 nitrogen and oxygen atoms in total. The number of fused-ring (bicyclic) bond motifs is 1. The predicted octanol–water partition coefficient (Wildman–Crippen LogP) is 2.45. The summed E-state index contributed by atoms with van der Waals surface area (Å²) in [7, 11) is 0. The van der Waals surface area contributed by atoms with Crippen LogP contribution in [0, 0.1) is 6.92 Å². The summed E-state index contributed by atoms with van der Waals surface area (Å²) >= 11 is 0. The van der Waals surface area contributed by atoms with E-state index in [0.29, 0.717) is 35.5 Å². The number of nitrogens with zero attached hydrogens (tertiary/aromatic N) is 7. The Labute approximate surface area is 185 Å². The molecule has 164 valence electrons. The molecule has 0 saturated heterocycles. The second-order valence-corrected chi connectivity index (χ2v) is 8.13. The van der Waals surface area contributed by atoms with Crippen molar-refractivity contribution in [2.24, 2.45) is 0 Å². The summed E-state index contributed by atoms with van der Waals surface area (Å²) in [5, 5.41) is 17.8. The van der Waals surface area contributed by atoms with Crippen molar-refractivity contribution >= 4 is 22.7 Å². The van der Waals surface area contributed by atoms with Crippen LogP contribution in [0.4, 0.5) is 11.6 Å². The van der Waals surface area contributed by atoms with E-state index in [1.807, 2.05) is 26.1 Å². The molecule has 1 aliphatic carbocycles. The largest absolute Gasteiger partial charge is 0.393 e. The summed E-state index contributed by atoms with van der Waals surface area (Å²) in [6.07, 6.45) is 9.69. The molecular formula is C22H25N9O. The Hall–Kier alpha value is -3.66. The lowest BCUT2D eigenvalue weighted by Gasteiger charge is -2.17. The highest BCUT2D eigenvalue weighted by Gasteiger charge is 2.24. The van der Waals surface area contributed by atoms with Crippen LogP contribution in [0.5, 0.6) is 0 Å². The topological polar surface area (TPSA) is 141 Å². The zero-order valence-electron chi connectivity index (χ0n) is 18.0. The first kappa shape index (κ1) is 20.3. The number of hydrogen-bond acceptors (Lipinski definition) is 9. The molecule has 1 fully saturated rings. The Morgan fingerprint density at radius 1 is 1.16 bits per heavy atom. The quantitative estimate of drug-likeness (QED) is 0.434. The summed E-state index contributed by atoms with van der Waals surface area (Å²) < 4.78 is 1.69. The molecule has 32 heavy (non-hydrogen) atoms. The monoisotopic (exact) mass is 431 g/mol. The number of nitrogen functional groups attached to an aromatic ring is 1. The molecule has 0 spiro atoms. The first-order valence-corrected chi connectivity index (χ1v) is 10.8. The second kappa shape index (κ2) is 8.12. The lowest BCUT2D eigenvalue weighted by atomic mass is 10.1. The van der Waals surface area contributed by atoms with Gasteiger partial charge in [-0.3, -0.25) is 0 Å². The fourth-order valence-electron chi connectivity index (χ4n) is 4.10. The highest BCUT2D eigenvalue weighted by molar-refractivity contribution is 5.96. The van der Waals surface area contributed by atoms with Crippen molar-refractivity contribution in [2.45, 2.75) is 51.7 Å². The van der Waals surface area contributed by atoms with Gasteiger partial charge in [-0.15, -0.1) is 0 Å². The maximum absolute atomic E-state index is 9.90. The molecule has 0 unspecified atom stereocenters. The number of nitrogens with one attached hydrogen (secondary N) is 1. The molecule has 4 heterocycles. The van der Waals surface area contributed by atoms with E-state index in [4.69, 9.17) is 15.7 Å². The Morgan fingerprint density at radius 2 is 2.03 bits per heavy atom. The van der Waals surface area contributed by atoms with E-state index < -0.39 is 0 Å². The van der Waals surface area contributed by atoms with Crippen LogP contribution in [0.2, 0.25) is 0 Å². The Bertz CT molecular complexity index is 1290. The molecule has 0 bridgehead atoms. The van der Waals surface area contributed by atoms with Gasteiger partial charge in [-0.25, -0.2) is 29.6 Å². The van der Waals surface area contributed by atoms with E-state index >= 15 is 0 Å². The third kappa shape index (κ3) is 3.73. The zero-order chi connectivity index (χ0) is 22.2. The maximum Gasteiger partial charge on any atom is 0.156 e. The number of aliphatic hydroxyl groups excluding tert-OH is 1. The number of aliphatic hydroxyl groups is 1. The number of nitrogens with two attached hydrogens (primary N) is 1. The number of anilines is 2. The Balaban J connectivity index is 1.59. The smallest absolute Gasteiger partial charge is 0.156 e. The van der Waals surface area contributed by atoms with Crippen LogP contribution < -0.4 is 11.1 Å². The molecule has 5 rings (SSSR count). The maximum atomic E-state index is 9.90.